The van der Waals surface area contributed by atoms with Crippen LogP contribution in [-0.2, 0) is 12.9 Å². The van der Waals surface area contributed by atoms with Crippen molar-refractivity contribution in [3.8, 4) is 0 Å². The molecule has 0 amide bonds. The van der Waals surface area contributed by atoms with Gasteiger partial charge in [0.2, 0.25) is 0 Å². The molecule has 0 aliphatic carbocycles. The molecule has 0 spiro atoms. The molecule has 1 aromatic heterocycles. The molecule has 1 heterocycles. The highest BCUT2D eigenvalue weighted by Crippen LogP contribution is 2.30. The summed E-state index contributed by atoms with van der Waals surface area (Å²) in [6, 6.07) is 1.59. The van der Waals surface area contributed by atoms with E-state index in [1.165, 1.54) is 0 Å². The number of pyridine rings is 1. The van der Waals surface area contributed by atoms with Gasteiger partial charge >= 0.3 is 6.18 Å². The summed E-state index contributed by atoms with van der Waals surface area (Å²) in [5, 5.41) is 0. The predicted octanol–water partition coefficient (Wildman–Crippen LogP) is 3.17. The monoisotopic (exact) mass is 305 g/mol. The average molecular weight is 305 g/mol. The molecule has 0 bridgehead atoms. The number of nitrogens with zero attached hydrogens (tertiary/aromatic N) is 1. The minimum atomic E-state index is -4.44. The molecular weight excluding hydrogens is 301 g/mol. The SMILES string of the molecule is FCc1cc(C(F)(F)F)cc(I)n1. The third kappa shape index (κ3) is 2.78. The van der Waals surface area contributed by atoms with Gasteiger partial charge in [0, 0.05) is 0 Å². The minimum Gasteiger partial charge on any atom is -0.244 e. The van der Waals surface area contributed by atoms with Gasteiger partial charge in [-0.25, -0.2) is 9.37 Å². The number of hydrogen-bond acceptors (Lipinski definition) is 1. The molecule has 0 saturated heterocycles. The van der Waals surface area contributed by atoms with Gasteiger partial charge in [0.15, 0.2) is 0 Å². The first-order valence-corrected chi connectivity index (χ1v) is 4.31. The Morgan fingerprint density at radius 3 is 2.38 bits per heavy atom. The van der Waals surface area contributed by atoms with Crippen molar-refractivity contribution in [2.75, 3.05) is 0 Å². The first-order valence-electron chi connectivity index (χ1n) is 3.23. The third-order valence-electron chi connectivity index (χ3n) is 1.31. The lowest BCUT2D eigenvalue weighted by Crippen LogP contribution is -2.07. The van der Waals surface area contributed by atoms with Crippen LogP contribution < -0.4 is 0 Å². The van der Waals surface area contributed by atoms with Gasteiger partial charge in [0.1, 0.15) is 10.4 Å². The molecule has 6 heteroatoms. The smallest absolute Gasteiger partial charge is 0.244 e. The van der Waals surface area contributed by atoms with Crippen LogP contribution in [0.25, 0.3) is 0 Å². The first-order chi connectivity index (χ1) is 5.93. The molecular formula is C7H4F4IN. The van der Waals surface area contributed by atoms with Crippen molar-refractivity contribution in [2.24, 2.45) is 0 Å². The van der Waals surface area contributed by atoms with E-state index in [-0.39, 0.29) is 9.39 Å². The molecule has 0 unspecified atom stereocenters. The van der Waals surface area contributed by atoms with Crippen molar-refractivity contribution >= 4 is 22.6 Å². The Balaban J connectivity index is 3.16. The molecule has 0 fully saturated rings. The fourth-order valence-electron chi connectivity index (χ4n) is 0.783. The van der Waals surface area contributed by atoms with E-state index >= 15 is 0 Å². The number of aromatic nitrogens is 1. The Morgan fingerprint density at radius 1 is 1.31 bits per heavy atom. The molecule has 0 aromatic carbocycles. The third-order valence-corrected chi connectivity index (χ3v) is 1.86. The van der Waals surface area contributed by atoms with Crippen LogP contribution in [0.1, 0.15) is 11.3 Å². The highest BCUT2D eigenvalue weighted by Gasteiger charge is 2.31. The highest BCUT2D eigenvalue weighted by atomic mass is 127. The van der Waals surface area contributed by atoms with E-state index in [1.807, 2.05) is 0 Å². The van der Waals surface area contributed by atoms with Crippen LogP contribution in [0.4, 0.5) is 17.6 Å². The zero-order valence-corrected chi connectivity index (χ0v) is 8.36. The molecule has 1 aromatic rings. The number of hydrogen-bond donors (Lipinski definition) is 0. The normalized spacial score (nSPS) is 11.8. The van der Waals surface area contributed by atoms with Crippen molar-refractivity contribution in [3.05, 3.63) is 27.1 Å². The summed E-state index contributed by atoms with van der Waals surface area (Å²) in [6.45, 7) is -0.986. The van der Waals surface area contributed by atoms with E-state index < -0.39 is 18.4 Å². The van der Waals surface area contributed by atoms with Crippen LogP contribution in [0.2, 0.25) is 0 Å². The lowest BCUT2D eigenvalue weighted by atomic mass is 10.2. The van der Waals surface area contributed by atoms with E-state index in [4.69, 9.17) is 0 Å². The Morgan fingerprint density at radius 2 is 1.92 bits per heavy atom. The van der Waals surface area contributed by atoms with Crippen LogP contribution >= 0.6 is 22.6 Å². The molecule has 1 rings (SSSR count). The Kier molecular flexibility index (Phi) is 3.09. The van der Waals surface area contributed by atoms with Gasteiger partial charge in [0.25, 0.3) is 0 Å². The van der Waals surface area contributed by atoms with Crippen LogP contribution in [0.15, 0.2) is 12.1 Å². The fourth-order valence-corrected chi connectivity index (χ4v) is 1.43. The van der Waals surface area contributed by atoms with Gasteiger partial charge in [-0.1, -0.05) is 0 Å². The zero-order chi connectivity index (χ0) is 10.1. The Labute approximate surface area is 85.3 Å². The van der Waals surface area contributed by atoms with Crippen molar-refractivity contribution in [2.45, 2.75) is 12.9 Å². The van der Waals surface area contributed by atoms with Gasteiger partial charge in [-0.15, -0.1) is 0 Å². The number of halogens is 5. The molecule has 0 N–H and O–H groups in total. The predicted molar refractivity (Wildman–Crippen MR) is 46.8 cm³/mol. The largest absolute Gasteiger partial charge is 0.416 e. The lowest BCUT2D eigenvalue weighted by molar-refractivity contribution is -0.137. The summed E-state index contributed by atoms with van der Waals surface area (Å²) in [5.41, 5.74) is -1.06. The molecule has 0 atom stereocenters. The van der Waals surface area contributed by atoms with Crippen LogP contribution in [0, 0.1) is 3.70 Å². The quantitative estimate of drug-likeness (QED) is 0.441. The van der Waals surface area contributed by atoms with Crippen molar-refractivity contribution in [1.82, 2.24) is 4.98 Å². The second-order valence-electron chi connectivity index (χ2n) is 2.30. The zero-order valence-electron chi connectivity index (χ0n) is 6.20. The van der Waals surface area contributed by atoms with Gasteiger partial charge in [0.05, 0.1) is 11.3 Å². The van der Waals surface area contributed by atoms with E-state index in [0.717, 1.165) is 6.07 Å². The van der Waals surface area contributed by atoms with E-state index in [2.05, 4.69) is 4.98 Å². The fraction of sp³-hybridized carbons (Fsp3) is 0.286. The lowest BCUT2D eigenvalue weighted by Gasteiger charge is -2.07. The molecule has 72 valence electrons. The van der Waals surface area contributed by atoms with Gasteiger partial charge in [-0.05, 0) is 34.7 Å². The standard InChI is InChI=1S/C7H4F4IN/c8-3-5-1-4(7(9,10)11)2-6(12)13-5/h1-2H,3H2. The molecule has 0 aliphatic rings. The summed E-state index contributed by atoms with van der Waals surface area (Å²) in [5.74, 6) is 0. The van der Waals surface area contributed by atoms with Crippen LogP contribution in [-0.4, -0.2) is 4.98 Å². The van der Waals surface area contributed by atoms with Crippen LogP contribution in [0.5, 0.6) is 0 Å². The van der Waals surface area contributed by atoms with E-state index in [0.29, 0.717) is 6.07 Å². The summed E-state index contributed by atoms with van der Waals surface area (Å²) < 4.78 is 48.6. The average Bonchev–Trinajstić information content (AvgIpc) is 2.01. The Hall–Kier alpha value is -0.400. The first kappa shape index (κ1) is 10.7. The van der Waals surface area contributed by atoms with E-state index in [9.17, 15) is 17.6 Å². The van der Waals surface area contributed by atoms with E-state index in [1.54, 1.807) is 22.6 Å². The summed E-state index contributed by atoms with van der Waals surface area (Å²) in [6.07, 6.45) is -4.44. The maximum Gasteiger partial charge on any atom is 0.416 e. The molecule has 0 radical (unpaired) electrons. The summed E-state index contributed by atoms with van der Waals surface area (Å²) in [4.78, 5) is 3.58. The summed E-state index contributed by atoms with van der Waals surface area (Å²) in [7, 11) is 0. The second kappa shape index (κ2) is 3.77. The van der Waals surface area contributed by atoms with Crippen molar-refractivity contribution in [3.63, 3.8) is 0 Å². The van der Waals surface area contributed by atoms with Crippen molar-refractivity contribution in [1.29, 1.82) is 0 Å². The Bertz CT molecular complexity index is 310. The van der Waals surface area contributed by atoms with Crippen LogP contribution in [0.3, 0.4) is 0 Å². The molecule has 0 saturated carbocycles. The minimum absolute atomic E-state index is 0.139. The maximum atomic E-state index is 12.1. The summed E-state index contributed by atoms with van der Waals surface area (Å²) >= 11 is 1.62. The molecule has 13 heavy (non-hydrogen) atoms. The number of rotatable bonds is 1. The molecule has 1 nitrogen and oxygen atoms in total. The molecule has 0 aliphatic heterocycles. The van der Waals surface area contributed by atoms with Crippen molar-refractivity contribution < 1.29 is 17.6 Å². The van der Waals surface area contributed by atoms with Gasteiger partial charge < -0.3 is 0 Å². The maximum absolute atomic E-state index is 12.1. The second-order valence-corrected chi connectivity index (χ2v) is 3.41. The van der Waals surface area contributed by atoms with Gasteiger partial charge in [-0.3, -0.25) is 0 Å². The highest BCUT2D eigenvalue weighted by molar-refractivity contribution is 14.1. The number of alkyl halides is 4. The topological polar surface area (TPSA) is 12.9 Å². The van der Waals surface area contributed by atoms with Gasteiger partial charge in [-0.2, -0.15) is 13.2 Å².